The van der Waals surface area contributed by atoms with Crippen molar-refractivity contribution in [2.75, 3.05) is 32.8 Å². The van der Waals surface area contributed by atoms with Crippen LogP contribution in [0.4, 0.5) is 0 Å². The Kier molecular flexibility index (Phi) is 8.20. The molecule has 0 saturated carbocycles. The second-order valence-corrected chi connectivity index (χ2v) is 8.92. The Labute approximate surface area is 171 Å². The molecule has 28 heavy (non-hydrogen) atoms. The minimum atomic E-state index is 0.191. The van der Waals surface area contributed by atoms with E-state index < -0.39 is 0 Å². The molecule has 1 atom stereocenters. The second-order valence-electron chi connectivity index (χ2n) is 8.92. The lowest BCUT2D eigenvalue weighted by Gasteiger charge is -2.37. The van der Waals surface area contributed by atoms with Gasteiger partial charge in [0.2, 0.25) is 0 Å². The number of benzene rings is 1. The lowest BCUT2D eigenvalue weighted by Crippen LogP contribution is -2.45. The van der Waals surface area contributed by atoms with Crippen LogP contribution < -0.4 is 4.74 Å². The lowest BCUT2D eigenvalue weighted by molar-refractivity contribution is 0.0584. The molecule has 0 aromatic heterocycles. The molecule has 0 unspecified atom stereocenters. The molecule has 0 bridgehead atoms. The summed E-state index contributed by atoms with van der Waals surface area (Å²) in [4.78, 5) is 17.9. The van der Waals surface area contributed by atoms with Crippen molar-refractivity contribution in [1.82, 2.24) is 9.80 Å². The summed E-state index contributed by atoms with van der Waals surface area (Å²) in [6, 6.07) is 8.12. The van der Waals surface area contributed by atoms with Gasteiger partial charge in [0.1, 0.15) is 5.75 Å². The fraction of sp³-hybridized carbons (Fsp3) is 0.708. The predicted molar refractivity (Wildman–Crippen MR) is 115 cm³/mol. The molecule has 1 amide bonds. The van der Waals surface area contributed by atoms with E-state index in [1.165, 1.54) is 45.2 Å². The van der Waals surface area contributed by atoms with Crippen molar-refractivity contribution in [2.45, 2.75) is 71.3 Å². The van der Waals surface area contributed by atoms with E-state index in [0.717, 1.165) is 43.7 Å². The van der Waals surface area contributed by atoms with E-state index in [9.17, 15) is 4.79 Å². The molecule has 4 heteroatoms. The highest BCUT2D eigenvalue weighted by Gasteiger charge is 2.27. The smallest absolute Gasteiger partial charge is 0.254 e. The lowest BCUT2D eigenvalue weighted by atomic mass is 9.97. The number of rotatable bonds is 7. The number of carbonyl (C=O) groups is 1. The Balaban J connectivity index is 1.56. The number of amides is 1. The predicted octanol–water partition coefficient (Wildman–Crippen LogP) is 4.98. The molecule has 2 saturated heterocycles. The molecule has 1 aromatic rings. The van der Waals surface area contributed by atoms with Crippen molar-refractivity contribution in [3.63, 3.8) is 0 Å². The first-order valence-corrected chi connectivity index (χ1v) is 11.4. The van der Waals surface area contributed by atoms with Gasteiger partial charge >= 0.3 is 0 Å². The highest BCUT2D eigenvalue weighted by molar-refractivity contribution is 5.94. The summed E-state index contributed by atoms with van der Waals surface area (Å²) in [6.45, 7) is 9.49. The number of hydrogen-bond donors (Lipinski definition) is 0. The van der Waals surface area contributed by atoms with E-state index in [1.54, 1.807) is 0 Å². The van der Waals surface area contributed by atoms with Crippen LogP contribution >= 0.6 is 0 Å². The zero-order chi connectivity index (χ0) is 19.8. The number of hydrogen-bond acceptors (Lipinski definition) is 3. The molecule has 1 aromatic carbocycles. The zero-order valence-electron chi connectivity index (χ0n) is 17.9. The number of likely N-dealkylation sites (tertiary alicyclic amines) is 2. The van der Waals surface area contributed by atoms with Gasteiger partial charge in [0.15, 0.2) is 0 Å². The molecule has 4 nitrogen and oxygen atoms in total. The van der Waals surface area contributed by atoms with Gasteiger partial charge < -0.3 is 14.5 Å². The van der Waals surface area contributed by atoms with Gasteiger partial charge in [-0.1, -0.05) is 26.7 Å². The Morgan fingerprint density at radius 2 is 1.68 bits per heavy atom. The normalized spacial score (nSPS) is 21.5. The first kappa shape index (κ1) is 21.2. The van der Waals surface area contributed by atoms with Gasteiger partial charge in [-0.05, 0) is 81.8 Å². The third-order valence-electron chi connectivity index (χ3n) is 6.05. The van der Waals surface area contributed by atoms with Crippen LogP contribution in [0.5, 0.6) is 5.75 Å². The summed E-state index contributed by atoms with van der Waals surface area (Å²) in [5.41, 5.74) is 0.790. The fourth-order valence-corrected chi connectivity index (χ4v) is 4.38. The second kappa shape index (κ2) is 10.8. The first-order valence-electron chi connectivity index (χ1n) is 11.4. The molecular weight excluding hydrogens is 348 g/mol. The van der Waals surface area contributed by atoms with Gasteiger partial charge in [0, 0.05) is 24.7 Å². The number of ether oxygens (including phenoxy) is 1. The third-order valence-corrected chi connectivity index (χ3v) is 6.05. The summed E-state index contributed by atoms with van der Waals surface area (Å²) in [6.07, 6.45) is 10.0. The highest BCUT2D eigenvalue weighted by atomic mass is 16.5. The largest absolute Gasteiger partial charge is 0.493 e. The average molecular weight is 387 g/mol. The summed E-state index contributed by atoms with van der Waals surface area (Å²) in [5, 5.41) is 0. The van der Waals surface area contributed by atoms with Gasteiger partial charge in [0.05, 0.1) is 6.61 Å². The molecule has 0 radical (unpaired) electrons. The van der Waals surface area contributed by atoms with E-state index in [4.69, 9.17) is 4.74 Å². The Morgan fingerprint density at radius 3 is 2.36 bits per heavy atom. The molecule has 0 spiro atoms. The monoisotopic (exact) mass is 386 g/mol. The molecule has 2 heterocycles. The summed E-state index contributed by atoms with van der Waals surface area (Å²) in [5.74, 6) is 1.54. The fourth-order valence-electron chi connectivity index (χ4n) is 4.38. The van der Waals surface area contributed by atoms with Gasteiger partial charge in [-0.15, -0.1) is 0 Å². The summed E-state index contributed by atoms with van der Waals surface area (Å²) >= 11 is 0. The highest BCUT2D eigenvalue weighted by Crippen LogP contribution is 2.24. The number of carbonyl (C=O) groups excluding carboxylic acids is 1. The van der Waals surface area contributed by atoms with Crippen LogP contribution in [-0.2, 0) is 0 Å². The maximum absolute atomic E-state index is 13.2. The zero-order valence-corrected chi connectivity index (χ0v) is 17.9. The van der Waals surface area contributed by atoms with Crippen LogP contribution in [0.3, 0.4) is 0 Å². The van der Waals surface area contributed by atoms with Crippen LogP contribution in [-0.4, -0.2) is 54.5 Å². The number of piperidine rings is 1. The molecule has 156 valence electrons. The minimum Gasteiger partial charge on any atom is -0.493 e. The molecular formula is C24H38N2O2. The molecule has 0 aliphatic carbocycles. The summed E-state index contributed by atoms with van der Waals surface area (Å²) < 4.78 is 5.75. The van der Waals surface area contributed by atoms with Crippen LogP contribution in [0.25, 0.3) is 0 Å². The Hall–Kier alpha value is -1.55. The topological polar surface area (TPSA) is 32.8 Å². The quantitative estimate of drug-likeness (QED) is 0.662. The van der Waals surface area contributed by atoms with Crippen LogP contribution in [0.1, 0.15) is 75.6 Å². The standard InChI is InChI=1S/C24H38N2O2/c1-20(2)19-28-23-12-10-21(11-13-23)24(27)26-17-8-5-9-22(26)14-18-25-15-6-3-4-7-16-25/h10-13,20,22H,3-9,14-19H2,1-2H3/t22-/m1/s1. The molecule has 2 aliphatic rings. The van der Waals surface area contributed by atoms with E-state index in [2.05, 4.69) is 23.6 Å². The summed E-state index contributed by atoms with van der Waals surface area (Å²) in [7, 11) is 0. The van der Waals surface area contributed by atoms with E-state index in [1.807, 2.05) is 24.3 Å². The van der Waals surface area contributed by atoms with Crippen molar-refractivity contribution < 1.29 is 9.53 Å². The van der Waals surface area contributed by atoms with Gasteiger partial charge in [-0.2, -0.15) is 0 Å². The van der Waals surface area contributed by atoms with Crippen LogP contribution in [0.15, 0.2) is 24.3 Å². The van der Waals surface area contributed by atoms with Gasteiger partial charge in [-0.25, -0.2) is 0 Å². The van der Waals surface area contributed by atoms with E-state index >= 15 is 0 Å². The maximum atomic E-state index is 13.2. The SMILES string of the molecule is CC(C)COc1ccc(C(=O)N2CCCC[C@@H]2CCN2CCCCCC2)cc1. The molecule has 0 N–H and O–H groups in total. The van der Waals surface area contributed by atoms with Crippen molar-refractivity contribution in [3.8, 4) is 5.75 Å². The van der Waals surface area contributed by atoms with Crippen LogP contribution in [0, 0.1) is 5.92 Å². The third kappa shape index (κ3) is 6.23. The van der Waals surface area contributed by atoms with Gasteiger partial charge in [0.25, 0.3) is 5.91 Å². The van der Waals surface area contributed by atoms with Crippen molar-refractivity contribution in [1.29, 1.82) is 0 Å². The van der Waals surface area contributed by atoms with Crippen molar-refractivity contribution in [2.24, 2.45) is 5.92 Å². The van der Waals surface area contributed by atoms with Crippen LogP contribution in [0.2, 0.25) is 0 Å². The first-order chi connectivity index (χ1) is 13.6. The van der Waals surface area contributed by atoms with E-state index in [-0.39, 0.29) is 5.91 Å². The maximum Gasteiger partial charge on any atom is 0.254 e. The van der Waals surface area contributed by atoms with E-state index in [0.29, 0.717) is 18.6 Å². The Bertz CT molecular complexity index is 591. The Morgan fingerprint density at radius 1 is 1.00 bits per heavy atom. The van der Waals surface area contributed by atoms with Crippen molar-refractivity contribution >= 4 is 5.91 Å². The minimum absolute atomic E-state index is 0.191. The average Bonchev–Trinajstić information content (AvgIpc) is 3.00. The number of nitrogens with zero attached hydrogens (tertiary/aromatic N) is 2. The molecule has 2 fully saturated rings. The van der Waals surface area contributed by atoms with Gasteiger partial charge in [-0.3, -0.25) is 4.79 Å². The molecule has 3 rings (SSSR count). The molecule has 2 aliphatic heterocycles. The van der Waals surface area contributed by atoms with Crippen molar-refractivity contribution in [3.05, 3.63) is 29.8 Å².